The third-order valence-electron chi connectivity index (χ3n) is 22.4. The first kappa shape index (κ1) is 23.0. The normalized spacial score (nSPS) is 60.8. The molecule has 0 amide bonds. The minimum atomic E-state index is -4.51. The fraction of sp³-hybridized carbons (Fsp3) is 0.526. The Hall–Kier alpha value is -1.36. The Bertz CT molecular complexity index is 2480. The van der Waals surface area contributed by atoms with Crippen molar-refractivity contribution in [1.29, 1.82) is 0 Å². The Morgan fingerprint density at radius 2 is 1.12 bits per heavy atom. The molecule has 2 aromatic heterocycles. The van der Waals surface area contributed by atoms with Gasteiger partial charge in [0, 0.05) is 0 Å². The number of nitrogens with zero attached hydrogens (tertiary/aromatic N) is 2. The molecule has 7 unspecified atom stereocenters. The molecule has 10 saturated heterocycles. The maximum absolute atomic E-state index is 5.71. The van der Waals surface area contributed by atoms with Crippen molar-refractivity contribution in [3.05, 3.63) is 84.2 Å². The van der Waals surface area contributed by atoms with Gasteiger partial charge in [-0.2, -0.15) is 0 Å². The van der Waals surface area contributed by atoms with Gasteiger partial charge in [-0.15, -0.1) is 0 Å². The molecule has 12 heterocycles. The molecule has 0 saturated carbocycles. The second-order valence-corrected chi connectivity index (χ2v) is 44.3. The summed E-state index contributed by atoms with van der Waals surface area (Å²) in [4.78, 5) is 18.1. The maximum atomic E-state index is 5.71. The Morgan fingerprint density at radius 3 is 1.51 bits per heavy atom. The van der Waals surface area contributed by atoms with Crippen molar-refractivity contribution in [1.82, 2.24) is 9.97 Å². The first-order chi connectivity index (χ1) is 20.2. The third kappa shape index (κ3) is 0.539. The number of hydrogen-bond acceptors (Lipinski definition) is 2. The molecule has 10 aliphatic heterocycles. The van der Waals surface area contributed by atoms with E-state index in [0.717, 1.165) is 39.9 Å². The van der Waals surface area contributed by atoms with Crippen LogP contribution in [-0.4, -0.2) is 16.1 Å². The average molecular weight is 645 g/mol. The van der Waals surface area contributed by atoms with E-state index in [0.29, 0.717) is 22.7 Å². The molecule has 1 spiro atoms. The van der Waals surface area contributed by atoms with Crippen LogP contribution in [0.25, 0.3) is 21.8 Å². The van der Waals surface area contributed by atoms with Crippen LogP contribution in [-0.2, 0) is 11.7 Å². The van der Waals surface area contributed by atoms with Crippen molar-refractivity contribution >= 4 is 40.3 Å². The molecule has 0 radical (unpaired) electrons. The van der Waals surface area contributed by atoms with Crippen LogP contribution in [0.1, 0.15) is 52.9 Å². The fourth-order valence-corrected chi connectivity index (χ4v) is 121. The molecule has 0 bridgehead atoms. The Morgan fingerprint density at radius 1 is 0.651 bits per heavy atom. The van der Waals surface area contributed by atoms with Gasteiger partial charge in [0.1, 0.15) is 0 Å². The van der Waals surface area contributed by atoms with Crippen LogP contribution in [0.5, 0.6) is 0 Å². The number of hydrogen-bond donors (Lipinski definition) is 0. The summed E-state index contributed by atoms with van der Waals surface area (Å²) >= 11 is 0. The van der Waals surface area contributed by atoms with E-state index in [9.17, 15) is 0 Å². The van der Waals surface area contributed by atoms with Crippen molar-refractivity contribution in [2.45, 2.75) is 92.9 Å². The summed E-state index contributed by atoms with van der Waals surface area (Å²) in [5.74, 6) is 0. The van der Waals surface area contributed by atoms with Crippen molar-refractivity contribution in [2.24, 2.45) is 10.8 Å². The van der Waals surface area contributed by atoms with Crippen molar-refractivity contribution in [2.75, 3.05) is 6.16 Å². The van der Waals surface area contributed by atoms with E-state index in [1.165, 1.54) is 28.3 Å². The number of fused-ring (bicyclic) bond motifs is 12. The molecule has 0 N–H and O–H groups in total. The summed E-state index contributed by atoms with van der Waals surface area (Å²) in [7, 11) is 7.15. The number of pyridine rings is 2. The van der Waals surface area contributed by atoms with E-state index in [4.69, 9.17) is 9.97 Å². The van der Waals surface area contributed by atoms with Gasteiger partial charge in [-0.3, -0.25) is 0 Å². The fourth-order valence-electron chi connectivity index (χ4n) is 27.1. The van der Waals surface area contributed by atoms with Gasteiger partial charge in [0.25, 0.3) is 0 Å². The molecular weight excluding hydrogens is 602 g/mol. The van der Waals surface area contributed by atoms with Gasteiger partial charge < -0.3 is 0 Å². The van der Waals surface area contributed by atoms with Gasteiger partial charge in [-0.25, -0.2) is 0 Å². The van der Waals surface area contributed by atoms with E-state index >= 15 is 0 Å². The number of benzene rings is 2. The number of rotatable bonds is 4. The first-order valence-corrected chi connectivity index (χ1v) is 24.0. The zero-order valence-electron chi connectivity index (χ0n) is 26.0. The first-order valence-electron chi connectivity index (χ1n) is 16.6. The van der Waals surface area contributed by atoms with Crippen molar-refractivity contribution in [3.63, 3.8) is 0 Å². The Labute approximate surface area is 249 Å². The second-order valence-electron chi connectivity index (χ2n) is 20.3. The van der Waals surface area contributed by atoms with Crippen LogP contribution in [0.4, 0.5) is 0 Å². The summed E-state index contributed by atoms with van der Waals surface area (Å²) in [5, 5.41) is 2.21. The predicted molar refractivity (Wildman–Crippen MR) is 181 cm³/mol. The monoisotopic (exact) mass is 644 g/mol. The topological polar surface area (TPSA) is 25.8 Å². The van der Waals surface area contributed by atoms with Gasteiger partial charge in [0.05, 0.1) is 0 Å². The molecule has 14 rings (SSSR count). The Kier molecular flexibility index (Phi) is 1.83. The van der Waals surface area contributed by atoms with Crippen molar-refractivity contribution < 1.29 is 6.51 Å². The van der Waals surface area contributed by atoms with Gasteiger partial charge in [-0.05, 0) is 0 Å². The van der Waals surface area contributed by atoms with Crippen LogP contribution in [0.3, 0.4) is 0 Å². The van der Waals surface area contributed by atoms with Crippen LogP contribution in [0, 0.1) is 10.8 Å². The van der Waals surface area contributed by atoms with Crippen molar-refractivity contribution in [3.8, 4) is 0 Å². The summed E-state index contributed by atoms with van der Waals surface area (Å²) in [6.07, 6.45) is 1.33. The standard InChI is InChI=1S/C33H37N2P2.C5H5.Fe/c1-31(2,3)24-19-23(20-36)29(30(24)32(4,5)6)33(37,27-17-15-21-11-7-9-13-25(21)34-27)28-18-16-22-12-8-10-14-26(22)35-28;1-2-4-5-3-1;/h7-19H,20,36-37H2,1-6H3;1-5H;. The number of aromatic nitrogens is 2. The van der Waals surface area contributed by atoms with Crippen LogP contribution in [0.2, 0.25) is 46.2 Å². The van der Waals surface area contributed by atoms with E-state index in [1.807, 2.05) is 0 Å². The number of para-hydroxylation sites is 2. The van der Waals surface area contributed by atoms with E-state index in [2.05, 4.69) is 133 Å². The van der Waals surface area contributed by atoms with Crippen LogP contribution in [0.15, 0.2) is 72.8 Å². The summed E-state index contributed by atoms with van der Waals surface area (Å²) < 4.78 is 2.00. The quantitative estimate of drug-likeness (QED) is 0.163. The zero-order valence-corrected chi connectivity index (χ0v) is 29.4. The predicted octanol–water partition coefficient (Wildman–Crippen LogP) is 10.7. The van der Waals surface area contributed by atoms with Gasteiger partial charge in [0.2, 0.25) is 0 Å². The molecule has 7 atom stereocenters. The summed E-state index contributed by atoms with van der Waals surface area (Å²) in [5.41, 5.74) is 5.49. The second kappa shape index (κ2) is 3.42. The van der Waals surface area contributed by atoms with E-state index in [1.54, 1.807) is 0 Å². The molecule has 0 aliphatic carbocycles. The SMILES string of the molecule is CC(C)(C)[C]12[CH]3[C]4(CP)[C]5(C(P)(c6ccc7ccccc7n6)c6ccc7ccccc7n6)[C]1(C(C)(C)C)[Fe]34251678[CH]2[CH]1[CH]6[CH]7[CH]28. The van der Waals surface area contributed by atoms with Crippen LogP contribution < -0.4 is 0 Å². The average Bonchev–Trinajstić information content (AvgIpc) is 3.93. The van der Waals surface area contributed by atoms with E-state index < -0.39 is 6.51 Å². The summed E-state index contributed by atoms with van der Waals surface area (Å²) in [6, 6.07) is 27.2. The molecular formula is C38H42FeN2P2. The molecule has 43 heavy (non-hydrogen) atoms. The molecule has 2 aromatic carbocycles. The van der Waals surface area contributed by atoms with Gasteiger partial charge in [0.15, 0.2) is 0 Å². The van der Waals surface area contributed by atoms with Gasteiger partial charge >= 0.3 is 251 Å². The molecule has 4 aromatic rings. The van der Waals surface area contributed by atoms with E-state index in [-0.39, 0.29) is 10.6 Å². The molecule has 5 heteroatoms. The molecule has 2 nitrogen and oxygen atoms in total. The van der Waals surface area contributed by atoms with Crippen LogP contribution >= 0.6 is 18.5 Å². The third-order valence-corrected chi connectivity index (χ3v) is 70.2. The van der Waals surface area contributed by atoms with Gasteiger partial charge in [-0.1, -0.05) is 0 Å². The minimum absolute atomic E-state index is 0.275. The summed E-state index contributed by atoms with van der Waals surface area (Å²) in [6.45, 7) is 11.8. The Balaban J connectivity index is 1.22. The molecule has 10 fully saturated rings. The zero-order chi connectivity index (χ0) is 29.4. The molecule has 222 valence electrons. The molecule has 10 aliphatic rings.